The third-order valence-corrected chi connectivity index (χ3v) is 8.08. The van der Waals surface area contributed by atoms with Crippen molar-refractivity contribution in [3.8, 4) is 0 Å². The number of nitrogens with zero attached hydrogens (tertiary/aromatic N) is 1. The molecular weight excluding hydrogens is 498 g/mol. The van der Waals surface area contributed by atoms with Gasteiger partial charge in [0.15, 0.2) is 0 Å². The molecule has 5 nitrogen and oxygen atoms in total. The molecule has 174 valence electrons. The lowest BCUT2D eigenvalue weighted by Gasteiger charge is -2.38. The smallest absolute Gasteiger partial charge is 0.240 e. The molecule has 1 aliphatic heterocycles. The van der Waals surface area contributed by atoms with Gasteiger partial charge in [-0.1, -0.05) is 76.6 Å². The molecular formula is C26H30BrN3O2S. The van der Waals surface area contributed by atoms with Gasteiger partial charge >= 0.3 is 0 Å². The van der Waals surface area contributed by atoms with Gasteiger partial charge in [0.2, 0.25) is 10.0 Å². The monoisotopic (exact) mass is 527 g/mol. The van der Waals surface area contributed by atoms with Gasteiger partial charge in [-0.15, -0.1) is 0 Å². The highest BCUT2D eigenvalue weighted by atomic mass is 79.9. The molecule has 0 aliphatic carbocycles. The maximum absolute atomic E-state index is 13.2. The summed E-state index contributed by atoms with van der Waals surface area (Å²) >= 11 is 3.38. The fourth-order valence-electron chi connectivity index (χ4n) is 4.36. The van der Waals surface area contributed by atoms with E-state index in [1.807, 2.05) is 24.3 Å². The predicted octanol–water partition coefficient (Wildman–Crippen LogP) is 3.86. The molecule has 7 heteroatoms. The van der Waals surface area contributed by atoms with E-state index in [4.69, 9.17) is 0 Å². The molecule has 1 heterocycles. The lowest BCUT2D eigenvalue weighted by molar-refractivity contribution is 0.148. The first-order valence-corrected chi connectivity index (χ1v) is 13.6. The zero-order valence-corrected chi connectivity index (χ0v) is 20.9. The topological polar surface area (TPSA) is 61.4 Å². The molecule has 3 aromatic carbocycles. The molecule has 1 fully saturated rings. The van der Waals surface area contributed by atoms with Gasteiger partial charge in [0.25, 0.3) is 0 Å². The third-order valence-electron chi connectivity index (χ3n) is 6.01. The summed E-state index contributed by atoms with van der Waals surface area (Å²) in [6.45, 7) is 3.35. The van der Waals surface area contributed by atoms with Crippen LogP contribution in [0.1, 0.15) is 11.1 Å². The zero-order chi connectivity index (χ0) is 23.1. The first-order valence-electron chi connectivity index (χ1n) is 11.3. The lowest BCUT2D eigenvalue weighted by Crippen LogP contribution is -2.56. The number of hydrogen-bond acceptors (Lipinski definition) is 4. The van der Waals surface area contributed by atoms with E-state index in [-0.39, 0.29) is 10.9 Å². The average Bonchev–Trinajstić information content (AvgIpc) is 2.82. The number of halogens is 1. The minimum atomic E-state index is -3.64. The van der Waals surface area contributed by atoms with Crippen molar-refractivity contribution < 1.29 is 8.42 Å². The highest BCUT2D eigenvalue weighted by Gasteiger charge is 2.28. The Balaban J connectivity index is 1.53. The van der Waals surface area contributed by atoms with Crippen LogP contribution in [0.5, 0.6) is 0 Å². The molecule has 33 heavy (non-hydrogen) atoms. The summed E-state index contributed by atoms with van der Waals surface area (Å²) in [7, 11) is -3.64. The van der Waals surface area contributed by atoms with Gasteiger partial charge in [-0.2, -0.15) is 0 Å². The number of hydrogen-bond donors (Lipinski definition) is 2. The van der Waals surface area contributed by atoms with Gasteiger partial charge in [0.1, 0.15) is 0 Å². The molecule has 0 saturated carbocycles. The van der Waals surface area contributed by atoms with Crippen LogP contribution in [-0.2, 0) is 22.9 Å². The fraction of sp³-hybridized carbons (Fsp3) is 0.308. The first-order chi connectivity index (χ1) is 16.0. The second-order valence-corrected chi connectivity index (χ2v) is 11.1. The molecule has 4 rings (SSSR count). The summed E-state index contributed by atoms with van der Waals surface area (Å²) in [6, 6.07) is 27.4. The molecule has 3 aromatic rings. The van der Waals surface area contributed by atoms with Gasteiger partial charge < -0.3 is 5.32 Å². The molecule has 1 aliphatic rings. The minimum Gasteiger partial charge on any atom is -0.314 e. The van der Waals surface area contributed by atoms with Crippen LogP contribution in [-0.4, -0.2) is 51.6 Å². The first kappa shape index (κ1) is 24.1. The molecule has 0 unspecified atom stereocenters. The van der Waals surface area contributed by atoms with Gasteiger partial charge in [0.05, 0.1) is 4.90 Å². The second kappa shape index (κ2) is 11.4. The Hall–Kier alpha value is -2.03. The van der Waals surface area contributed by atoms with Gasteiger partial charge in [-0.3, -0.25) is 4.90 Å². The van der Waals surface area contributed by atoms with Crippen LogP contribution in [0.4, 0.5) is 0 Å². The van der Waals surface area contributed by atoms with Crippen molar-refractivity contribution in [2.24, 2.45) is 0 Å². The summed E-state index contributed by atoms with van der Waals surface area (Å²) < 4.78 is 30.3. The van der Waals surface area contributed by atoms with Crippen LogP contribution >= 0.6 is 15.9 Å². The molecule has 2 atom stereocenters. The molecule has 0 bridgehead atoms. The third kappa shape index (κ3) is 6.98. The van der Waals surface area contributed by atoms with Crippen LogP contribution in [0.15, 0.2) is 94.3 Å². The number of benzene rings is 3. The standard InChI is InChI=1S/C26H30BrN3O2S/c27-23-11-13-26(14-12-23)33(31,32)29-24(17-21-7-3-1-4-8-21)20-30-16-15-28-19-25(30)18-22-9-5-2-6-10-22/h1-14,24-25,28-29H,15-20H2/t24-,25-/m0/s1. The average molecular weight is 529 g/mol. The molecule has 0 amide bonds. The number of rotatable bonds is 9. The summed E-state index contributed by atoms with van der Waals surface area (Å²) in [5.41, 5.74) is 2.42. The predicted molar refractivity (Wildman–Crippen MR) is 137 cm³/mol. The number of piperazine rings is 1. The Morgan fingerprint density at radius 1 is 0.939 bits per heavy atom. The zero-order valence-electron chi connectivity index (χ0n) is 18.5. The lowest BCUT2D eigenvalue weighted by atomic mass is 10.0. The van der Waals surface area contributed by atoms with Gasteiger partial charge in [-0.25, -0.2) is 13.1 Å². The van der Waals surface area contributed by atoms with Crippen LogP contribution < -0.4 is 10.0 Å². The fourth-order valence-corrected chi connectivity index (χ4v) is 5.85. The van der Waals surface area contributed by atoms with Crippen molar-refractivity contribution in [2.45, 2.75) is 29.8 Å². The van der Waals surface area contributed by atoms with Crippen LogP contribution in [0.3, 0.4) is 0 Å². The Labute approximate surface area is 205 Å². The highest BCUT2D eigenvalue weighted by molar-refractivity contribution is 9.10. The number of nitrogens with one attached hydrogen (secondary N) is 2. The normalized spacial score (nSPS) is 18.2. The van der Waals surface area contributed by atoms with Crippen LogP contribution in [0, 0.1) is 0 Å². The summed E-state index contributed by atoms with van der Waals surface area (Å²) in [4.78, 5) is 2.71. The summed E-state index contributed by atoms with van der Waals surface area (Å²) in [6.07, 6.45) is 1.57. The van der Waals surface area contributed by atoms with E-state index >= 15 is 0 Å². The molecule has 1 saturated heterocycles. The van der Waals surface area contributed by atoms with E-state index < -0.39 is 10.0 Å². The van der Waals surface area contributed by atoms with E-state index in [9.17, 15) is 8.42 Å². The van der Waals surface area contributed by atoms with E-state index in [2.05, 4.69) is 67.3 Å². The van der Waals surface area contributed by atoms with Crippen molar-refractivity contribution in [1.82, 2.24) is 14.9 Å². The van der Waals surface area contributed by atoms with E-state index in [1.54, 1.807) is 24.3 Å². The van der Waals surface area contributed by atoms with Gasteiger partial charge in [0, 0.05) is 42.7 Å². The Morgan fingerprint density at radius 2 is 1.58 bits per heavy atom. The SMILES string of the molecule is O=S(=O)(N[C@@H](Cc1ccccc1)CN1CCNC[C@@H]1Cc1ccccc1)c1ccc(Br)cc1. The molecule has 0 radical (unpaired) electrons. The summed E-state index contributed by atoms with van der Waals surface area (Å²) in [5.74, 6) is 0. The minimum absolute atomic E-state index is 0.238. The van der Waals surface area contributed by atoms with Crippen molar-refractivity contribution in [3.63, 3.8) is 0 Å². The van der Waals surface area contributed by atoms with E-state index in [0.717, 1.165) is 36.1 Å². The Morgan fingerprint density at radius 3 is 2.24 bits per heavy atom. The highest BCUT2D eigenvalue weighted by Crippen LogP contribution is 2.18. The van der Waals surface area contributed by atoms with Crippen molar-refractivity contribution in [3.05, 3.63) is 101 Å². The van der Waals surface area contributed by atoms with Crippen molar-refractivity contribution >= 4 is 26.0 Å². The van der Waals surface area contributed by atoms with Crippen molar-refractivity contribution in [2.75, 3.05) is 26.2 Å². The maximum Gasteiger partial charge on any atom is 0.240 e. The largest absolute Gasteiger partial charge is 0.314 e. The van der Waals surface area contributed by atoms with Gasteiger partial charge in [-0.05, 0) is 48.2 Å². The second-order valence-electron chi connectivity index (χ2n) is 8.50. The molecule has 2 N–H and O–H groups in total. The van der Waals surface area contributed by atoms with Crippen molar-refractivity contribution in [1.29, 1.82) is 0 Å². The van der Waals surface area contributed by atoms with Crippen LogP contribution in [0.2, 0.25) is 0 Å². The van der Waals surface area contributed by atoms with Crippen LogP contribution in [0.25, 0.3) is 0 Å². The number of sulfonamides is 1. The quantitative estimate of drug-likeness (QED) is 0.443. The molecule has 0 spiro atoms. The summed E-state index contributed by atoms with van der Waals surface area (Å²) in [5, 5.41) is 3.50. The Kier molecular flexibility index (Phi) is 8.33. The van der Waals surface area contributed by atoms with E-state index in [1.165, 1.54) is 5.56 Å². The van der Waals surface area contributed by atoms with E-state index in [0.29, 0.717) is 19.0 Å². The maximum atomic E-state index is 13.2. The molecule has 0 aromatic heterocycles. The Bertz CT molecular complexity index is 1110.